The number of nitrogens with one attached hydrogen (secondary N) is 1. The van der Waals surface area contributed by atoms with Crippen LogP contribution in [-0.4, -0.2) is 46.4 Å². The second-order valence-corrected chi connectivity index (χ2v) is 6.51. The molecule has 1 amide bonds. The van der Waals surface area contributed by atoms with E-state index in [1.165, 1.54) is 0 Å². The van der Waals surface area contributed by atoms with E-state index in [2.05, 4.69) is 15.4 Å². The number of aryl methyl sites for hydroxylation is 1. The van der Waals surface area contributed by atoms with E-state index in [9.17, 15) is 4.79 Å². The van der Waals surface area contributed by atoms with Gasteiger partial charge >= 0.3 is 0 Å². The van der Waals surface area contributed by atoms with Crippen LogP contribution >= 0.6 is 11.6 Å². The van der Waals surface area contributed by atoms with Gasteiger partial charge in [0.25, 0.3) is 0 Å². The molecule has 7 heteroatoms. The maximum atomic E-state index is 12.5. The van der Waals surface area contributed by atoms with E-state index in [0.717, 1.165) is 36.4 Å². The lowest BCUT2D eigenvalue weighted by Crippen LogP contribution is -2.36. The lowest BCUT2D eigenvalue weighted by Gasteiger charge is -2.25. The fourth-order valence-electron chi connectivity index (χ4n) is 2.94. The number of benzene rings is 1. The summed E-state index contributed by atoms with van der Waals surface area (Å²) in [5, 5.41) is 11.6. The van der Waals surface area contributed by atoms with Gasteiger partial charge in [0.2, 0.25) is 5.91 Å². The molecule has 24 heavy (non-hydrogen) atoms. The van der Waals surface area contributed by atoms with Gasteiger partial charge in [0.05, 0.1) is 18.0 Å². The third-order valence-electron chi connectivity index (χ3n) is 4.32. The van der Waals surface area contributed by atoms with Gasteiger partial charge in [-0.1, -0.05) is 11.6 Å². The number of amides is 1. The molecular weight excluding hydrogens is 328 g/mol. The van der Waals surface area contributed by atoms with Gasteiger partial charge in [0.15, 0.2) is 0 Å². The second-order valence-electron chi connectivity index (χ2n) is 6.07. The Labute approximate surface area is 146 Å². The molecule has 1 N–H and O–H groups in total. The molecule has 1 atom stereocenters. The van der Waals surface area contributed by atoms with Crippen molar-refractivity contribution >= 4 is 17.5 Å². The standard InChI is InChI=1S/C17H21ClN4O2/c1-22(9-2-10-24-14-6-4-13(18)5-7-14)17(23)12-3-8-15-16(11-12)20-21-19-15/h4-7,12H,2-3,8-11H2,1H3,(H,19,20,21)/t12-/m0/s1. The lowest BCUT2D eigenvalue weighted by atomic mass is 9.89. The molecule has 0 saturated carbocycles. The Kier molecular flexibility index (Phi) is 5.35. The lowest BCUT2D eigenvalue weighted by molar-refractivity contribution is -0.134. The number of aromatic amines is 1. The van der Waals surface area contributed by atoms with Gasteiger partial charge in [0, 0.05) is 31.0 Å². The minimum atomic E-state index is 0.00443. The van der Waals surface area contributed by atoms with E-state index in [4.69, 9.17) is 16.3 Å². The molecular formula is C17H21ClN4O2. The summed E-state index contributed by atoms with van der Waals surface area (Å²) < 4.78 is 5.65. The van der Waals surface area contributed by atoms with Crippen LogP contribution < -0.4 is 4.74 Å². The summed E-state index contributed by atoms with van der Waals surface area (Å²) >= 11 is 5.84. The van der Waals surface area contributed by atoms with Crippen LogP contribution in [-0.2, 0) is 17.6 Å². The number of nitrogens with zero attached hydrogens (tertiary/aromatic N) is 3. The normalized spacial score (nSPS) is 16.5. The van der Waals surface area contributed by atoms with E-state index >= 15 is 0 Å². The summed E-state index contributed by atoms with van der Waals surface area (Å²) in [5.74, 6) is 0.971. The molecule has 3 rings (SSSR count). The summed E-state index contributed by atoms with van der Waals surface area (Å²) in [6, 6.07) is 7.28. The first kappa shape index (κ1) is 16.8. The molecule has 1 heterocycles. The number of carbonyl (C=O) groups is 1. The van der Waals surface area contributed by atoms with Crippen molar-refractivity contribution < 1.29 is 9.53 Å². The van der Waals surface area contributed by atoms with Crippen LogP contribution in [0.5, 0.6) is 5.75 Å². The number of fused-ring (bicyclic) bond motifs is 1. The first-order chi connectivity index (χ1) is 11.6. The number of rotatable bonds is 6. The van der Waals surface area contributed by atoms with Crippen molar-refractivity contribution in [1.82, 2.24) is 20.3 Å². The van der Waals surface area contributed by atoms with Crippen molar-refractivity contribution in [1.29, 1.82) is 0 Å². The zero-order valence-electron chi connectivity index (χ0n) is 13.7. The summed E-state index contributed by atoms with van der Waals surface area (Å²) in [7, 11) is 1.85. The average molecular weight is 349 g/mol. The van der Waals surface area contributed by atoms with E-state index in [1.807, 2.05) is 19.2 Å². The van der Waals surface area contributed by atoms with Crippen LogP contribution in [0.15, 0.2) is 24.3 Å². The number of H-pyrrole nitrogens is 1. The fraction of sp³-hybridized carbons (Fsp3) is 0.471. The molecule has 0 bridgehead atoms. The number of ether oxygens (including phenoxy) is 1. The van der Waals surface area contributed by atoms with Crippen molar-refractivity contribution in [3.05, 3.63) is 40.7 Å². The summed E-state index contributed by atoms with van der Waals surface area (Å²) in [6.07, 6.45) is 3.11. The third kappa shape index (κ3) is 4.06. The maximum Gasteiger partial charge on any atom is 0.225 e. The number of carbonyl (C=O) groups excluding carboxylic acids is 1. The predicted molar refractivity (Wildman–Crippen MR) is 91.1 cm³/mol. The zero-order chi connectivity index (χ0) is 16.9. The Bertz CT molecular complexity index is 686. The van der Waals surface area contributed by atoms with E-state index in [-0.39, 0.29) is 11.8 Å². The maximum absolute atomic E-state index is 12.5. The Balaban J connectivity index is 1.41. The molecule has 1 aliphatic carbocycles. The number of hydrogen-bond donors (Lipinski definition) is 1. The molecule has 0 spiro atoms. The minimum absolute atomic E-state index is 0.00443. The van der Waals surface area contributed by atoms with E-state index in [1.54, 1.807) is 17.0 Å². The Morgan fingerprint density at radius 1 is 1.33 bits per heavy atom. The fourth-order valence-corrected chi connectivity index (χ4v) is 3.07. The molecule has 2 aromatic rings. The average Bonchev–Trinajstić information content (AvgIpc) is 3.07. The molecule has 0 saturated heterocycles. The second kappa shape index (κ2) is 7.66. The molecule has 0 aliphatic heterocycles. The van der Waals surface area contributed by atoms with Gasteiger partial charge in [-0.15, -0.1) is 0 Å². The van der Waals surface area contributed by atoms with E-state index < -0.39 is 0 Å². The van der Waals surface area contributed by atoms with Crippen LogP contribution in [0.3, 0.4) is 0 Å². The molecule has 0 fully saturated rings. The van der Waals surface area contributed by atoms with Crippen LogP contribution in [0.4, 0.5) is 0 Å². The third-order valence-corrected chi connectivity index (χ3v) is 4.57. The van der Waals surface area contributed by atoms with Gasteiger partial charge in [-0.25, -0.2) is 0 Å². The molecule has 1 aromatic heterocycles. The van der Waals surface area contributed by atoms with Crippen molar-refractivity contribution in [3.63, 3.8) is 0 Å². The highest BCUT2D eigenvalue weighted by Gasteiger charge is 2.28. The molecule has 1 aromatic carbocycles. The molecule has 6 nitrogen and oxygen atoms in total. The Morgan fingerprint density at radius 2 is 2.08 bits per heavy atom. The number of aromatic nitrogens is 3. The Morgan fingerprint density at radius 3 is 2.88 bits per heavy atom. The van der Waals surface area contributed by atoms with Crippen LogP contribution in [0.1, 0.15) is 24.2 Å². The number of hydrogen-bond acceptors (Lipinski definition) is 4. The van der Waals surface area contributed by atoms with E-state index in [0.29, 0.717) is 24.6 Å². The SMILES string of the molecule is CN(CCCOc1ccc(Cl)cc1)C(=O)[C@H]1CCc2n[nH]nc2C1. The summed E-state index contributed by atoms with van der Waals surface area (Å²) in [5.41, 5.74) is 1.93. The first-order valence-corrected chi connectivity index (χ1v) is 8.53. The van der Waals surface area contributed by atoms with Gasteiger partial charge < -0.3 is 9.64 Å². The number of halogens is 1. The van der Waals surface area contributed by atoms with Gasteiger partial charge in [-0.3, -0.25) is 4.79 Å². The molecule has 0 unspecified atom stereocenters. The molecule has 128 valence electrons. The first-order valence-electron chi connectivity index (χ1n) is 8.15. The van der Waals surface area contributed by atoms with Crippen molar-refractivity contribution in [2.75, 3.05) is 20.2 Å². The van der Waals surface area contributed by atoms with Gasteiger partial charge in [-0.2, -0.15) is 15.4 Å². The monoisotopic (exact) mass is 348 g/mol. The van der Waals surface area contributed by atoms with Crippen molar-refractivity contribution in [3.8, 4) is 5.75 Å². The largest absolute Gasteiger partial charge is 0.494 e. The van der Waals surface area contributed by atoms with Crippen LogP contribution in [0.2, 0.25) is 5.02 Å². The van der Waals surface area contributed by atoms with Gasteiger partial charge in [0.1, 0.15) is 5.75 Å². The minimum Gasteiger partial charge on any atom is -0.494 e. The molecule has 0 radical (unpaired) electrons. The Hall–Kier alpha value is -2.08. The quantitative estimate of drug-likeness (QED) is 0.814. The zero-order valence-corrected chi connectivity index (χ0v) is 14.4. The highest BCUT2D eigenvalue weighted by molar-refractivity contribution is 6.30. The van der Waals surface area contributed by atoms with Gasteiger partial charge in [-0.05, 0) is 43.5 Å². The van der Waals surface area contributed by atoms with Crippen LogP contribution in [0.25, 0.3) is 0 Å². The summed E-state index contributed by atoms with van der Waals surface area (Å²) in [6.45, 7) is 1.24. The topological polar surface area (TPSA) is 71.1 Å². The highest BCUT2D eigenvalue weighted by atomic mass is 35.5. The predicted octanol–water partition coefficient (Wildman–Crippen LogP) is 2.49. The highest BCUT2D eigenvalue weighted by Crippen LogP contribution is 2.23. The van der Waals surface area contributed by atoms with Crippen LogP contribution in [0, 0.1) is 5.92 Å². The smallest absolute Gasteiger partial charge is 0.225 e. The summed E-state index contributed by atoms with van der Waals surface area (Å²) in [4.78, 5) is 14.3. The van der Waals surface area contributed by atoms with Crippen molar-refractivity contribution in [2.45, 2.75) is 25.7 Å². The molecule has 1 aliphatic rings. The van der Waals surface area contributed by atoms with Crippen molar-refractivity contribution in [2.24, 2.45) is 5.92 Å².